The molecule has 0 aliphatic heterocycles. The van der Waals surface area contributed by atoms with Gasteiger partial charge in [0.15, 0.2) is 8.32 Å². The van der Waals surface area contributed by atoms with Crippen LogP contribution in [-0.4, -0.2) is 33.8 Å². The summed E-state index contributed by atoms with van der Waals surface area (Å²) in [5, 5.41) is 0. The maximum absolute atomic E-state index is 11.4. The van der Waals surface area contributed by atoms with Crippen molar-refractivity contribution in [3.63, 3.8) is 0 Å². The van der Waals surface area contributed by atoms with Crippen molar-refractivity contribution in [2.24, 2.45) is 0 Å². The van der Waals surface area contributed by atoms with Crippen molar-refractivity contribution in [2.45, 2.75) is 32.9 Å². The van der Waals surface area contributed by atoms with E-state index in [1.807, 2.05) is 19.6 Å². The molecule has 4 nitrogen and oxygen atoms in total. The van der Waals surface area contributed by atoms with Crippen molar-refractivity contribution in [3.05, 3.63) is 12.7 Å². The first-order valence-corrected chi connectivity index (χ1v) is 8.38. The second-order valence-corrected chi connectivity index (χ2v) is 8.40. The summed E-state index contributed by atoms with van der Waals surface area (Å²) in [6, 6.07) is 0. The monoisotopic (exact) mass is 232 g/mol. The quantitative estimate of drug-likeness (QED) is 0.291. The molecule has 0 heterocycles. The summed E-state index contributed by atoms with van der Waals surface area (Å²) in [6.07, 6.45) is 0.648. The fraction of sp³-hybridized carbons (Fsp3) is 0.700. The normalized spacial score (nSPS) is 13.3. The lowest BCUT2D eigenvalue weighted by Crippen LogP contribution is -2.39. The number of hydrogen-bond donors (Lipinski definition) is 0. The van der Waals surface area contributed by atoms with Gasteiger partial charge in [-0.3, -0.25) is 0 Å². The van der Waals surface area contributed by atoms with Gasteiger partial charge in [-0.1, -0.05) is 6.08 Å². The molecule has 0 N–H and O–H groups in total. The van der Waals surface area contributed by atoms with E-state index in [2.05, 4.69) is 6.58 Å². The minimum Gasteiger partial charge on any atom is -0.462 e. The Bertz CT molecular complexity index is 210. The third-order valence-electron chi connectivity index (χ3n) is 1.31. The van der Waals surface area contributed by atoms with E-state index in [0.717, 1.165) is 0 Å². The zero-order valence-corrected chi connectivity index (χ0v) is 10.9. The van der Waals surface area contributed by atoms with E-state index >= 15 is 0 Å². The van der Waals surface area contributed by atoms with Crippen LogP contribution in [-0.2, 0) is 18.7 Å². The summed E-state index contributed by atoms with van der Waals surface area (Å²) < 4.78 is 15.6. The summed E-state index contributed by atoms with van der Waals surface area (Å²) in [4.78, 5) is 11.4. The third-order valence-corrected chi connectivity index (χ3v) is 2.23. The highest BCUT2D eigenvalue weighted by Gasteiger charge is 2.28. The van der Waals surface area contributed by atoms with Crippen LogP contribution in [0.4, 0.5) is 0 Å². The highest BCUT2D eigenvalue weighted by atomic mass is 28.4. The fourth-order valence-electron chi connectivity index (χ4n) is 0.837. The first kappa shape index (κ1) is 14.3. The Morgan fingerprint density at radius 2 is 2.07 bits per heavy atom. The molecule has 88 valence electrons. The Balaban J connectivity index is 4.29. The molecule has 0 amide bonds. The molecule has 5 heteroatoms. The summed E-state index contributed by atoms with van der Waals surface area (Å²) in [7, 11) is -1.82. The molecule has 0 saturated heterocycles. The van der Waals surface area contributed by atoms with Gasteiger partial charge in [-0.05, 0) is 26.6 Å². The molecule has 0 aromatic heterocycles. The number of carbonyl (C=O) groups is 1. The standard InChI is InChI=1S/C10H20O4Si/c1-6-8-13-10(9(11)12-7-2)14-15(3,4)5/h6,10H,1,7-8H2,2-5H3. The molecule has 0 fully saturated rings. The van der Waals surface area contributed by atoms with E-state index in [1.165, 1.54) is 0 Å². The molecule has 1 atom stereocenters. The average Bonchev–Trinajstić information content (AvgIpc) is 2.10. The highest BCUT2D eigenvalue weighted by Crippen LogP contribution is 2.10. The summed E-state index contributed by atoms with van der Waals surface area (Å²) >= 11 is 0. The zero-order chi connectivity index (χ0) is 11.9. The Kier molecular flexibility index (Phi) is 6.47. The van der Waals surface area contributed by atoms with Crippen LogP contribution >= 0.6 is 0 Å². The van der Waals surface area contributed by atoms with Gasteiger partial charge in [0.25, 0.3) is 0 Å². The van der Waals surface area contributed by atoms with Crippen molar-refractivity contribution >= 4 is 14.3 Å². The average molecular weight is 232 g/mol. The van der Waals surface area contributed by atoms with Crippen LogP contribution < -0.4 is 0 Å². The van der Waals surface area contributed by atoms with Gasteiger partial charge in [0.05, 0.1) is 13.2 Å². The lowest BCUT2D eigenvalue weighted by Gasteiger charge is -2.24. The van der Waals surface area contributed by atoms with Gasteiger partial charge in [-0.2, -0.15) is 0 Å². The lowest BCUT2D eigenvalue weighted by molar-refractivity contribution is -0.176. The van der Waals surface area contributed by atoms with E-state index in [-0.39, 0.29) is 6.61 Å². The number of carbonyl (C=O) groups excluding carboxylic acids is 1. The molecule has 1 unspecified atom stereocenters. The van der Waals surface area contributed by atoms with Gasteiger partial charge in [-0.25, -0.2) is 4.79 Å². The van der Waals surface area contributed by atoms with Crippen LogP contribution in [0.2, 0.25) is 19.6 Å². The molecule has 0 radical (unpaired) electrons. The summed E-state index contributed by atoms with van der Waals surface area (Å²) in [5.41, 5.74) is 0. The topological polar surface area (TPSA) is 44.8 Å². The zero-order valence-electron chi connectivity index (χ0n) is 9.91. The first-order valence-electron chi connectivity index (χ1n) is 4.97. The summed E-state index contributed by atoms with van der Waals surface area (Å²) in [5.74, 6) is -0.471. The van der Waals surface area contributed by atoms with Crippen LogP contribution in [0.25, 0.3) is 0 Å². The van der Waals surface area contributed by atoms with Crippen molar-refractivity contribution in [1.82, 2.24) is 0 Å². The Hall–Kier alpha value is -0.653. The number of ether oxygens (including phenoxy) is 2. The molecule has 0 rings (SSSR count). The van der Waals surface area contributed by atoms with Gasteiger partial charge < -0.3 is 13.9 Å². The molecule has 15 heavy (non-hydrogen) atoms. The second-order valence-electron chi connectivity index (χ2n) is 3.94. The van der Waals surface area contributed by atoms with Crippen LogP contribution in [0, 0.1) is 0 Å². The number of hydrogen-bond acceptors (Lipinski definition) is 4. The summed E-state index contributed by atoms with van der Waals surface area (Å²) in [6.45, 7) is 11.8. The molecule has 0 aliphatic carbocycles. The maximum Gasteiger partial charge on any atom is 0.362 e. The lowest BCUT2D eigenvalue weighted by atomic mass is 10.6. The Morgan fingerprint density at radius 3 is 2.47 bits per heavy atom. The van der Waals surface area contributed by atoms with E-state index in [4.69, 9.17) is 13.9 Å². The molecule has 0 aromatic carbocycles. The van der Waals surface area contributed by atoms with E-state index in [0.29, 0.717) is 6.61 Å². The minimum atomic E-state index is -1.82. The number of rotatable bonds is 7. The fourth-order valence-corrected chi connectivity index (χ4v) is 1.64. The maximum atomic E-state index is 11.4. The molecular formula is C10H20O4Si. The van der Waals surface area contributed by atoms with E-state index < -0.39 is 20.6 Å². The Labute approximate surface area is 92.3 Å². The molecule has 0 spiro atoms. The van der Waals surface area contributed by atoms with Crippen LogP contribution in [0.1, 0.15) is 6.92 Å². The Morgan fingerprint density at radius 1 is 1.47 bits per heavy atom. The smallest absolute Gasteiger partial charge is 0.362 e. The second kappa shape index (κ2) is 6.76. The molecule has 0 aliphatic rings. The van der Waals surface area contributed by atoms with Crippen molar-refractivity contribution in [3.8, 4) is 0 Å². The molecular weight excluding hydrogens is 212 g/mol. The predicted octanol–water partition coefficient (Wildman–Crippen LogP) is 1.93. The van der Waals surface area contributed by atoms with Gasteiger partial charge in [0.1, 0.15) is 0 Å². The van der Waals surface area contributed by atoms with Gasteiger partial charge in [-0.15, -0.1) is 6.58 Å². The van der Waals surface area contributed by atoms with E-state index in [1.54, 1.807) is 13.0 Å². The van der Waals surface area contributed by atoms with Crippen molar-refractivity contribution in [1.29, 1.82) is 0 Å². The van der Waals surface area contributed by atoms with Crippen LogP contribution in [0.5, 0.6) is 0 Å². The SMILES string of the molecule is C=CCOC(O[Si](C)(C)C)C(=O)OCC. The predicted molar refractivity (Wildman–Crippen MR) is 61.0 cm³/mol. The molecule has 0 saturated carbocycles. The van der Waals surface area contributed by atoms with Crippen LogP contribution in [0.15, 0.2) is 12.7 Å². The number of esters is 1. The third kappa shape index (κ3) is 7.30. The first-order chi connectivity index (χ1) is 6.90. The largest absolute Gasteiger partial charge is 0.462 e. The highest BCUT2D eigenvalue weighted by molar-refractivity contribution is 6.69. The van der Waals surface area contributed by atoms with Crippen molar-refractivity contribution < 1.29 is 18.7 Å². The van der Waals surface area contributed by atoms with Gasteiger partial charge in [0, 0.05) is 0 Å². The minimum absolute atomic E-state index is 0.272. The molecule has 0 aromatic rings. The van der Waals surface area contributed by atoms with Crippen molar-refractivity contribution in [2.75, 3.05) is 13.2 Å². The van der Waals surface area contributed by atoms with Gasteiger partial charge >= 0.3 is 5.97 Å². The molecule has 0 bridgehead atoms. The van der Waals surface area contributed by atoms with Gasteiger partial charge in [0.2, 0.25) is 6.29 Å². The van der Waals surface area contributed by atoms with Crippen LogP contribution in [0.3, 0.4) is 0 Å². The van der Waals surface area contributed by atoms with E-state index in [9.17, 15) is 4.79 Å².